The fraction of sp³-hybridized carbons (Fsp3) is 0.789. The quantitative estimate of drug-likeness (QED) is 0.847. The molecule has 1 N–H and O–H groups in total. The highest BCUT2D eigenvalue weighted by Crippen LogP contribution is 2.43. The molecule has 0 radical (unpaired) electrons. The Morgan fingerprint density at radius 1 is 1.36 bits per heavy atom. The van der Waals surface area contributed by atoms with E-state index in [4.69, 9.17) is 0 Å². The van der Waals surface area contributed by atoms with Gasteiger partial charge in [0.05, 0.1) is 18.3 Å². The summed E-state index contributed by atoms with van der Waals surface area (Å²) in [4.78, 5) is 17.7. The molecule has 140 valence electrons. The molecule has 1 aromatic rings. The third kappa shape index (κ3) is 4.42. The van der Waals surface area contributed by atoms with Gasteiger partial charge in [-0.25, -0.2) is 0 Å². The van der Waals surface area contributed by atoms with Crippen LogP contribution in [-0.2, 0) is 11.3 Å². The number of carbonyl (C=O) groups excluding carboxylic acids is 1. The van der Waals surface area contributed by atoms with Crippen LogP contribution >= 0.6 is 0 Å². The molecule has 1 spiro atoms. The molecule has 1 amide bonds. The van der Waals surface area contributed by atoms with E-state index < -0.39 is 0 Å². The Hall–Kier alpha value is -1.40. The third-order valence-corrected chi connectivity index (χ3v) is 5.88. The zero-order valence-electron chi connectivity index (χ0n) is 16.0. The second-order valence-electron chi connectivity index (χ2n) is 8.00. The van der Waals surface area contributed by atoms with Crippen molar-refractivity contribution in [1.82, 2.24) is 24.9 Å². The van der Waals surface area contributed by atoms with Gasteiger partial charge in [0, 0.05) is 19.3 Å². The molecular formula is C19H33N5O. The molecular weight excluding hydrogens is 314 g/mol. The summed E-state index contributed by atoms with van der Waals surface area (Å²) in [5, 5.41) is 7.52. The van der Waals surface area contributed by atoms with Crippen LogP contribution in [0.2, 0.25) is 0 Å². The van der Waals surface area contributed by atoms with Gasteiger partial charge >= 0.3 is 0 Å². The number of piperidine rings is 1. The first kappa shape index (κ1) is 18.4. The van der Waals surface area contributed by atoms with Crippen LogP contribution in [0.4, 0.5) is 0 Å². The van der Waals surface area contributed by atoms with Gasteiger partial charge in [-0.3, -0.25) is 14.4 Å². The lowest BCUT2D eigenvalue weighted by Crippen LogP contribution is -2.44. The molecule has 1 unspecified atom stereocenters. The summed E-state index contributed by atoms with van der Waals surface area (Å²) < 4.78 is 1.90. The van der Waals surface area contributed by atoms with E-state index in [1.54, 1.807) is 0 Å². The van der Waals surface area contributed by atoms with E-state index in [-0.39, 0.29) is 11.9 Å². The van der Waals surface area contributed by atoms with Crippen molar-refractivity contribution in [2.75, 3.05) is 39.8 Å². The fourth-order valence-electron chi connectivity index (χ4n) is 4.38. The average molecular weight is 348 g/mol. The highest BCUT2D eigenvalue weighted by atomic mass is 16.2. The molecule has 2 aliphatic rings. The lowest BCUT2D eigenvalue weighted by molar-refractivity contribution is -0.125. The summed E-state index contributed by atoms with van der Waals surface area (Å²) in [6.07, 6.45) is 6.54. The van der Waals surface area contributed by atoms with Gasteiger partial charge in [-0.05, 0) is 70.8 Å². The molecule has 0 aliphatic carbocycles. The van der Waals surface area contributed by atoms with Gasteiger partial charge in [-0.15, -0.1) is 0 Å². The lowest BCUT2D eigenvalue weighted by atomic mass is 9.76. The van der Waals surface area contributed by atoms with Crippen molar-refractivity contribution in [3.8, 4) is 0 Å². The van der Waals surface area contributed by atoms with Gasteiger partial charge in [-0.1, -0.05) is 6.92 Å². The van der Waals surface area contributed by atoms with Gasteiger partial charge in [0.25, 0.3) is 0 Å². The van der Waals surface area contributed by atoms with Gasteiger partial charge in [-0.2, -0.15) is 5.10 Å². The minimum absolute atomic E-state index is 0.0442. The van der Waals surface area contributed by atoms with Crippen molar-refractivity contribution in [3.63, 3.8) is 0 Å². The number of aryl methyl sites for hydroxylation is 1. The molecule has 3 heterocycles. The Balaban J connectivity index is 1.55. The van der Waals surface area contributed by atoms with Crippen LogP contribution in [0.3, 0.4) is 0 Å². The molecule has 3 rings (SSSR count). The normalized spacial score (nSPS) is 24.0. The van der Waals surface area contributed by atoms with Gasteiger partial charge in [0.1, 0.15) is 0 Å². The van der Waals surface area contributed by atoms with Gasteiger partial charge in [0.15, 0.2) is 0 Å². The highest BCUT2D eigenvalue weighted by molar-refractivity contribution is 5.82. The molecule has 1 atom stereocenters. The summed E-state index contributed by atoms with van der Waals surface area (Å²) in [6, 6.07) is 2.04. The molecule has 0 aromatic carbocycles. The molecule has 0 saturated carbocycles. The Bertz CT molecular complexity index is 576. The highest BCUT2D eigenvalue weighted by Gasteiger charge is 2.47. The Labute approximate surface area is 151 Å². The molecule has 25 heavy (non-hydrogen) atoms. The molecule has 2 fully saturated rings. The van der Waals surface area contributed by atoms with Crippen LogP contribution in [0.25, 0.3) is 0 Å². The first-order valence-corrected chi connectivity index (χ1v) is 9.72. The smallest absolute Gasteiger partial charge is 0.237 e. The molecule has 2 saturated heterocycles. The standard InChI is InChI=1S/C19H33N5O/c1-4-9-23-15-19(6-11-22(3)12-7-19)14-17(23)18(25)20-8-13-24-10-5-16(2)21-24/h5,10,17H,4,6-9,11-15H2,1-3H3,(H,20,25). The number of amides is 1. The summed E-state index contributed by atoms with van der Waals surface area (Å²) in [7, 11) is 2.20. The predicted octanol–water partition coefficient (Wildman–Crippen LogP) is 1.50. The topological polar surface area (TPSA) is 53.4 Å². The van der Waals surface area contributed by atoms with Crippen LogP contribution in [-0.4, -0.2) is 71.3 Å². The van der Waals surface area contributed by atoms with Crippen LogP contribution in [0.5, 0.6) is 0 Å². The summed E-state index contributed by atoms with van der Waals surface area (Å²) in [5.74, 6) is 0.202. The molecule has 1 aromatic heterocycles. The minimum atomic E-state index is 0.0442. The number of hydrogen-bond donors (Lipinski definition) is 1. The first-order valence-electron chi connectivity index (χ1n) is 9.72. The van der Waals surface area contributed by atoms with Gasteiger partial charge < -0.3 is 10.2 Å². The van der Waals surface area contributed by atoms with E-state index in [9.17, 15) is 4.79 Å². The van der Waals surface area contributed by atoms with Crippen molar-refractivity contribution in [2.45, 2.75) is 52.1 Å². The zero-order valence-corrected chi connectivity index (χ0v) is 16.0. The van der Waals surface area contributed by atoms with Crippen LogP contribution in [0, 0.1) is 12.3 Å². The number of hydrogen-bond acceptors (Lipinski definition) is 4. The van der Waals surface area contributed by atoms with E-state index in [0.29, 0.717) is 12.0 Å². The fourth-order valence-corrected chi connectivity index (χ4v) is 4.38. The molecule has 6 nitrogen and oxygen atoms in total. The second-order valence-corrected chi connectivity index (χ2v) is 8.00. The number of carbonyl (C=O) groups is 1. The van der Waals surface area contributed by atoms with Crippen LogP contribution in [0.15, 0.2) is 12.3 Å². The molecule has 2 aliphatic heterocycles. The van der Waals surface area contributed by atoms with E-state index in [0.717, 1.165) is 51.3 Å². The van der Waals surface area contributed by atoms with E-state index in [1.807, 2.05) is 23.9 Å². The van der Waals surface area contributed by atoms with Crippen molar-refractivity contribution in [1.29, 1.82) is 0 Å². The monoisotopic (exact) mass is 347 g/mol. The molecule has 0 bridgehead atoms. The second kappa shape index (κ2) is 7.87. The predicted molar refractivity (Wildman–Crippen MR) is 99.4 cm³/mol. The minimum Gasteiger partial charge on any atom is -0.353 e. The number of nitrogens with zero attached hydrogens (tertiary/aromatic N) is 4. The SMILES string of the molecule is CCCN1CC2(CCN(C)CC2)CC1C(=O)NCCn1ccc(C)n1. The number of nitrogens with one attached hydrogen (secondary N) is 1. The largest absolute Gasteiger partial charge is 0.353 e. The van der Waals surface area contributed by atoms with E-state index in [1.165, 1.54) is 12.8 Å². The maximum atomic E-state index is 12.8. The summed E-state index contributed by atoms with van der Waals surface area (Å²) in [6.45, 7) is 9.99. The summed E-state index contributed by atoms with van der Waals surface area (Å²) in [5.41, 5.74) is 1.36. The third-order valence-electron chi connectivity index (χ3n) is 5.88. The maximum absolute atomic E-state index is 12.8. The lowest BCUT2D eigenvalue weighted by Gasteiger charge is -2.37. The average Bonchev–Trinajstić information content (AvgIpc) is 3.15. The van der Waals surface area contributed by atoms with Crippen molar-refractivity contribution in [2.24, 2.45) is 5.41 Å². The number of rotatable bonds is 6. The Morgan fingerprint density at radius 3 is 2.76 bits per heavy atom. The molecule has 6 heteroatoms. The number of likely N-dealkylation sites (tertiary alicyclic amines) is 2. The van der Waals surface area contributed by atoms with Crippen LogP contribution in [0.1, 0.15) is 38.3 Å². The van der Waals surface area contributed by atoms with Crippen molar-refractivity contribution in [3.05, 3.63) is 18.0 Å². The van der Waals surface area contributed by atoms with Crippen LogP contribution < -0.4 is 5.32 Å². The summed E-state index contributed by atoms with van der Waals surface area (Å²) >= 11 is 0. The van der Waals surface area contributed by atoms with Crippen molar-refractivity contribution >= 4 is 5.91 Å². The van der Waals surface area contributed by atoms with Gasteiger partial charge in [0.2, 0.25) is 5.91 Å². The number of aromatic nitrogens is 2. The maximum Gasteiger partial charge on any atom is 0.237 e. The first-order chi connectivity index (χ1) is 12.0. The van der Waals surface area contributed by atoms with E-state index >= 15 is 0 Å². The zero-order chi connectivity index (χ0) is 17.9. The Kier molecular flexibility index (Phi) is 5.79. The van der Waals surface area contributed by atoms with Crippen molar-refractivity contribution < 1.29 is 4.79 Å². The Morgan fingerprint density at radius 2 is 2.12 bits per heavy atom. The van der Waals surface area contributed by atoms with E-state index in [2.05, 4.69) is 34.2 Å².